The number of rotatable bonds is 34. The largest absolute Gasteiger partial charge is 0.463 e. The standard InChI is InChI=1S/C45H79NO7/c1-3-5-7-9-11-13-15-17-19-21-23-25-30-34-40(47)46-42-44(52-36-38-32-28-27-29-33-38)43(49)39(53-45(42)50)37-51-41(48)35-31-26-24-22-20-18-16-14-12-10-8-6-4-2/h27-29,32-33,39,42-45,49-50H,3-26,30-31,34-37H2,1-2H3,(H,46,47)/t39-,42-,43-,44-,45-/m1/s1. The summed E-state index contributed by atoms with van der Waals surface area (Å²) in [7, 11) is 0. The van der Waals surface area contributed by atoms with Gasteiger partial charge < -0.3 is 29.7 Å². The molecule has 53 heavy (non-hydrogen) atoms. The van der Waals surface area contributed by atoms with E-state index in [9.17, 15) is 19.8 Å². The normalized spacial score (nSPS) is 20.0. The van der Waals surface area contributed by atoms with Gasteiger partial charge in [0.2, 0.25) is 5.91 Å². The van der Waals surface area contributed by atoms with Gasteiger partial charge in [0, 0.05) is 12.8 Å². The first-order chi connectivity index (χ1) is 26.0. The van der Waals surface area contributed by atoms with Crippen molar-refractivity contribution in [2.45, 2.75) is 231 Å². The highest BCUT2D eigenvalue weighted by Gasteiger charge is 2.46. The van der Waals surface area contributed by atoms with Gasteiger partial charge in [0.25, 0.3) is 0 Å². The fourth-order valence-corrected chi connectivity index (χ4v) is 7.29. The monoisotopic (exact) mass is 746 g/mol. The Hall–Kier alpha value is -2.00. The van der Waals surface area contributed by atoms with Crippen molar-refractivity contribution in [2.75, 3.05) is 6.61 Å². The van der Waals surface area contributed by atoms with Crippen LogP contribution in [0, 0.1) is 0 Å². The molecule has 1 saturated heterocycles. The average molecular weight is 746 g/mol. The highest BCUT2D eigenvalue weighted by atomic mass is 16.6. The summed E-state index contributed by atoms with van der Waals surface area (Å²) >= 11 is 0. The molecule has 0 aliphatic carbocycles. The maximum Gasteiger partial charge on any atom is 0.305 e. The maximum atomic E-state index is 13.0. The Kier molecular flexibility index (Phi) is 28.7. The Morgan fingerprint density at radius 1 is 0.623 bits per heavy atom. The van der Waals surface area contributed by atoms with Crippen LogP contribution in [0.4, 0.5) is 0 Å². The van der Waals surface area contributed by atoms with Crippen molar-refractivity contribution in [1.82, 2.24) is 5.32 Å². The van der Waals surface area contributed by atoms with Crippen molar-refractivity contribution in [3.63, 3.8) is 0 Å². The van der Waals surface area contributed by atoms with E-state index in [-0.39, 0.29) is 25.1 Å². The van der Waals surface area contributed by atoms with Crippen molar-refractivity contribution in [1.29, 1.82) is 0 Å². The molecule has 2 rings (SSSR count). The first-order valence-electron chi connectivity index (χ1n) is 22.1. The summed E-state index contributed by atoms with van der Waals surface area (Å²) in [6.45, 7) is 4.50. The van der Waals surface area contributed by atoms with Gasteiger partial charge in [0.15, 0.2) is 6.29 Å². The molecular weight excluding hydrogens is 666 g/mol. The summed E-state index contributed by atoms with van der Waals surface area (Å²) in [4.78, 5) is 25.5. The van der Waals surface area contributed by atoms with E-state index in [4.69, 9.17) is 14.2 Å². The second-order valence-electron chi connectivity index (χ2n) is 15.6. The van der Waals surface area contributed by atoms with Crippen LogP contribution in [-0.4, -0.2) is 59.3 Å². The topological polar surface area (TPSA) is 114 Å². The van der Waals surface area contributed by atoms with Gasteiger partial charge in [-0.05, 0) is 18.4 Å². The number of amides is 1. The smallest absolute Gasteiger partial charge is 0.305 e. The predicted molar refractivity (Wildman–Crippen MR) is 215 cm³/mol. The van der Waals surface area contributed by atoms with Gasteiger partial charge in [-0.2, -0.15) is 0 Å². The van der Waals surface area contributed by atoms with Crippen molar-refractivity contribution in [3.05, 3.63) is 35.9 Å². The van der Waals surface area contributed by atoms with E-state index >= 15 is 0 Å². The van der Waals surface area contributed by atoms with Gasteiger partial charge in [-0.25, -0.2) is 0 Å². The highest BCUT2D eigenvalue weighted by molar-refractivity contribution is 5.76. The molecule has 1 aliphatic rings. The van der Waals surface area contributed by atoms with Gasteiger partial charge in [-0.1, -0.05) is 198 Å². The van der Waals surface area contributed by atoms with Crippen LogP contribution in [0.5, 0.6) is 0 Å². The summed E-state index contributed by atoms with van der Waals surface area (Å²) in [5.74, 6) is -0.544. The van der Waals surface area contributed by atoms with E-state index in [0.717, 1.165) is 44.1 Å². The Morgan fingerprint density at radius 2 is 1.06 bits per heavy atom. The molecule has 1 aromatic rings. The molecule has 0 bridgehead atoms. The second-order valence-corrected chi connectivity index (χ2v) is 15.6. The number of ether oxygens (including phenoxy) is 3. The molecule has 306 valence electrons. The maximum absolute atomic E-state index is 13.0. The molecular formula is C45H79NO7. The lowest BCUT2D eigenvalue weighted by Gasteiger charge is -2.42. The third-order valence-electron chi connectivity index (χ3n) is 10.7. The number of benzene rings is 1. The zero-order valence-electron chi connectivity index (χ0n) is 33.9. The van der Waals surface area contributed by atoms with Crippen molar-refractivity contribution >= 4 is 11.9 Å². The molecule has 5 atom stereocenters. The first-order valence-corrected chi connectivity index (χ1v) is 22.1. The minimum atomic E-state index is -1.42. The fraction of sp³-hybridized carbons (Fsp3) is 0.822. The Labute approximate surface area is 323 Å². The van der Waals surface area contributed by atoms with Crippen LogP contribution in [0.2, 0.25) is 0 Å². The van der Waals surface area contributed by atoms with Crippen LogP contribution in [0.1, 0.15) is 199 Å². The van der Waals surface area contributed by atoms with Crippen molar-refractivity contribution in [2.24, 2.45) is 0 Å². The third kappa shape index (κ3) is 23.5. The summed E-state index contributed by atoms with van der Waals surface area (Å²) in [5, 5.41) is 25.2. The molecule has 1 aliphatic heterocycles. The van der Waals surface area contributed by atoms with E-state index in [1.807, 2.05) is 30.3 Å². The van der Waals surface area contributed by atoms with Crippen LogP contribution in [-0.2, 0) is 30.4 Å². The number of carbonyl (C=O) groups is 2. The Balaban J connectivity index is 1.67. The lowest BCUT2D eigenvalue weighted by atomic mass is 9.96. The quantitative estimate of drug-likeness (QED) is 0.0475. The number of hydrogen-bond acceptors (Lipinski definition) is 7. The van der Waals surface area contributed by atoms with Crippen LogP contribution in [0.25, 0.3) is 0 Å². The minimum Gasteiger partial charge on any atom is -0.463 e. The van der Waals surface area contributed by atoms with Crippen LogP contribution in [0.3, 0.4) is 0 Å². The van der Waals surface area contributed by atoms with Gasteiger partial charge in [0.05, 0.1) is 6.61 Å². The third-order valence-corrected chi connectivity index (χ3v) is 10.7. The molecule has 1 heterocycles. The van der Waals surface area contributed by atoms with Gasteiger partial charge in [-0.15, -0.1) is 0 Å². The molecule has 0 unspecified atom stereocenters. The minimum absolute atomic E-state index is 0.187. The molecule has 0 spiro atoms. The van der Waals surface area contributed by atoms with Gasteiger partial charge in [-0.3, -0.25) is 9.59 Å². The number of nitrogens with one attached hydrogen (secondary N) is 1. The van der Waals surface area contributed by atoms with E-state index in [0.29, 0.717) is 12.8 Å². The SMILES string of the molecule is CCCCCCCCCCCCCCCC(=O)N[C@@H]1[C@@H](OCc2ccccc2)[C@H](O)[C@@H](COC(=O)CCCCCCCCCCCCCCC)O[C@H]1O. The fourth-order valence-electron chi connectivity index (χ4n) is 7.29. The number of aliphatic hydroxyl groups is 2. The molecule has 1 fully saturated rings. The van der Waals surface area contributed by atoms with Crippen LogP contribution >= 0.6 is 0 Å². The molecule has 0 saturated carbocycles. The molecule has 8 nitrogen and oxygen atoms in total. The van der Waals surface area contributed by atoms with E-state index in [1.165, 1.54) is 128 Å². The molecule has 1 aromatic carbocycles. The highest BCUT2D eigenvalue weighted by Crippen LogP contribution is 2.25. The number of hydrogen-bond donors (Lipinski definition) is 3. The van der Waals surface area contributed by atoms with E-state index in [2.05, 4.69) is 19.2 Å². The number of unbranched alkanes of at least 4 members (excludes halogenated alkanes) is 24. The molecule has 3 N–H and O–H groups in total. The van der Waals surface area contributed by atoms with Gasteiger partial charge >= 0.3 is 5.97 Å². The summed E-state index contributed by atoms with van der Waals surface area (Å²) in [6, 6.07) is 8.60. The zero-order valence-corrected chi connectivity index (χ0v) is 33.9. The average Bonchev–Trinajstić information content (AvgIpc) is 3.16. The van der Waals surface area contributed by atoms with Crippen LogP contribution < -0.4 is 5.32 Å². The van der Waals surface area contributed by atoms with E-state index < -0.39 is 30.6 Å². The van der Waals surface area contributed by atoms with Crippen molar-refractivity contribution < 1.29 is 34.0 Å². The Morgan fingerprint density at radius 3 is 1.53 bits per heavy atom. The van der Waals surface area contributed by atoms with Crippen molar-refractivity contribution in [3.8, 4) is 0 Å². The molecule has 8 heteroatoms. The zero-order chi connectivity index (χ0) is 38.2. The summed E-state index contributed by atoms with van der Waals surface area (Å²) < 4.78 is 17.3. The first kappa shape index (κ1) is 47.2. The molecule has 0 aromatic heterocycles. The Bertz CT molecular complexity index is 1010. The second kappa shape index (κ2) is 32.3. The van der Waals surface area contributed by atoms with Crippen LogP contribution in [0.15, 0.2) is 30.3 Å². The van der Waals surface area contributed by atoms with Gasteiger partial charge in [0.1, 0.15) is 31.0 Å². The molecule has 1 amide bonds. The number of aliphatic hydroxyl groups excluding tert-OH is 2. The molecule has 0 radical (unpaired) electrons. The number of carbonyl (C=O) groups excluding carboxylic acids is 2. The van der Waals surface area contributed by atoms with E-state index in [1.54, 1.807) is 0 Å². The predicted octanol–water partition coefficient (Wildman–Crippen LogP) is 10.6. The summed E-state index contributed by atoms with van der Waals surface area (Å²) in [6.07, 6.45) is 28.2. The lowest BCUT2D eigenvalue weighted by Crippen LogP contribution is -2.65. The lowest BCUT2D eigenvalue weighted by molar-refractivity contribution is -0.265. The summed E-state index contributed by atoms with van der Waals surface area (Å²) in [5.41, 5.74) is 0.901. The number of esters is 1.